The molecule has 0 heterocycles. The summed E-state index contributed by atoms with van der Waals surface area (Å²) in [6.45, 7) is 2.12. The Morgan fingerprint density at radius 2 is 0.841 bits per heavy atom. The van der Waals surface area contributed by atoms with Crippen molar-refractivity contribution in [3.8, 4) is 22.3 Å². The molecule has 0 spiro atoms. The van der Waals surface area contributed by atoms with Crippen LogP contribution in [0.5, 0.6) is 0 Å². The van der Waals surface area contributed by atoms with Gasteiger partial charge in [0.1, 0.15) is 0 Å². The minimum atomic E-state index is 1.12. The number of hydrogen-bond donors (Lipinski definition) is 0. The van der Waals surface area contributed by atoms with Crippen LogP contribution in [0.25, 0.3) is 33.0 Å². The highest BCUT2D eigenvalue weighted by molar-refractivity contribution is 5.90. The lowest BCUT2D eigenvalue weighted by Gasteiger charge is -2.26. The standard InChI is InChI=1S/C42H34N2/c1-31-15-22-38(23-16-31)43(2)39-24-17-34(18-25-39)35-19-26-40(27-20-35)44(42-28-21-33-11-6-7-12-36(33)30-42)41-14-8-13-37(29-41)32-9-4-3-5-10-32/h3-30H,1-2H3. The first-order chi connectivity index (χ1) is 21.6. The summed E-state index contributed by atoms with van der Waals surface area (Å²) >= 11 is 0. The molecule has 0 fully saturated rings. The molecule has 2 nitrogen and oxygen atoms in total. The zero-order valence-corrected chi connectivity index (χ0v) is 25.1. The zero-order valence-electron chi connectivity index (χ0n) is 25.1. The van der Waals surface area contributed by atoms with E-state index in [9.17, 15) is 0 Å². The molecule has 0 bridgehead atoms. The third-order valence-corrected chi connectivity index (χ3v) is 8.34. The molecular weight excluding hydrogens is 532 g/mol. The van der Waals surface area contributed by atoms with Crippen LogP contribution in [0, 0.1) is 6.92 Å². The second kappa shape index (κ2) is 11.9. The van der Waals surface area contributed by atoms with E-state index in [2.05, 4.69) is 194 Å². The molecule has 7 rings (SSSR count). The molecule has 0 radical (unpaired) electrons. The van der Waals surface area contributed by atoms with E-state index in [1.165, 1.54) is 44.3 Å². The smallest absolute Gasteiger partial charge is 0.0468 e. The van der Waals surface area contributed by atoms with Gasteiger partial charge in [0.2, 0.25) is 0 Å². The second-order valence-electron chi connectivity index (χ2n) is 11.3. The summed E-state index contributed by atoms with van der Waals surface area (Å²) in [5, 5.41) is 2.46. The van der Waals surface area contributed by atoms with E-state index in [1.54, 1.807) is 0 Å². The van der Waals surface area contributed by atoms with E-state index in [0.717, 1.165) is 22.7 Å². The van der Waals surface area contributed by atoms with E-state index in [1.807, 2.05) is 0 Å². The molecule has 0 N–H and O–H groups in total. The van der Waals surface area contributed by atoms with E-state index >= 15 is 0 Å². The van der Waals surface area contributed by atoms with E-state index < -0.39 is 0 Å². The second-order valence-corrected chi connectivity index (χ2v) is 11.3. The van der Waals surface area contributed by atoms with Crippen molar-refractivity contribution in [1.82, 2.24) is 0 Å². The molecule has 0 saturated carbocycles. The average molecular weight is 567 g/mol. The van der Waals surface area contributed by atoms with E-state index in [0.29, 0.717) is 0 Å². The molecule has 0 aliphatic heterocycles. The minimum absolute atomic E-state index is 1.12. The number of rotatable bonds is 7. The van der Waals surface area contributed by atoms with Crippen molar-refractivity contribution in [1.29, 1.82) is 0 Å². The van der Waals surface area contributed by atoms with Crippen LogP contribution < -0.4 is 9.80 Å². The van der Waals surface area contributed by atoms with Gasteiger partial charge in [-0.2, -0.15) is 0 Å². The first kappa shape index (κ1) is 27.2. The maximum Gasteiger partial charge on any atom is 0.0468 e. The maximum atomic E-state index is 2.35. The third kappa shape index (κ3) is 5.58. The van der Waals surface area contributed by atoms with Gasteiger partial charge in [-0.25, -0.2) is 0 Å². The Kier molecular flexibility index (Phi) is 7.40. The number of aryl methyl sites for hydroxylation is 1. The van der Waals surface area contributed by atoms with Gasteiger partial charge in [-0.05, 0) is 101 Å². The normalized spacial score (nSPS) is 11.0. The lowest BCUT2D eigenvalue weighted by Crippen LogP contribution is -2.10. The number of hydrogen-bond acceptors (Lipinski definition) is 2. The molecule has 0 aliphatic rings. The highest BCUT2D eigenvalue weighted by Crippen LogP contribution is 2.39. The van der Waals surface area contributed by atoms with Gasteiger partial charge in [0.15, 0.2) is 0 Å². The van der Waals surface area contributed by atoms with Crippen LogP contribution >= 0.6 is 0 Å². The summed E-state index contributed by atoms with van der Waals surface area (Å²) in [5.74, 6) is 0. The van der Waals surface area contributed by atoms with Gasteiger partial charge >= 0.3 is 0 Å². The number of fused-ring (bicyclic) bond motifs is 1. The minimum Gasteiger partial charge on any atom is -0.345 e. The quantitative estimate of drug-likeness (QED) is 0.189. The Hall–Kier alpha value is -5.60. The topological polar surface area (TPSA) is 6.48 Å². The Bertz CT molecular complexity index is 2010. The zero-order chi connectivity index (χ0) is 29.9. The fraction of sp³-hybridized carbons (Fsp3) is 0.0476. The molecule has 0 amide bonds. The summed E-state index contributed by atoms with van der Waals surface area (Å²) in [7, 11) is 2.11. The lowest BCUT2D eigenvalue weighted by molar-refractivity contribution is 1.20. The van der Waals surface area contributed by atoms with Gasteiger partial charge in [-0.15, -0.1) is 0 Å². The summed E-state index contributed by atoms with van der Waals surface area (Å²) in [4.78, 5) is 4.57. The highest BCUT2D eigenvalue weighted by Gasteiger charge is 2.15. The molecular formula is C42H34N2. The largest absolute Gasteiger partial charge is 0.345 e. The predicted octanol–water partition coefficient (Wildman–Crippen LogP) is 11.7. The van der Waals surface area contributed by atoms with Gasteiger partial charge in [-0.1, -0.05) is 115 Å². The van der Waals surface area contributed by atoms with Crippen molar-refractivity contribution in [2.75, 3.05) is 16.8 Å². The van der Waals surface area contributed by atoms with Crippen LogP contribution in [-0.4, -0.2) is 7.05 Å². The van der Waals surface area contributed by atoms with Gasteiger partial charge in [-0.3, -0.25) is 0 Å². The Balaban J connectivity index is 1.23. The number of benzene rings is 7. The van der Waals surface area contributed by atoms with Gasteiger partial charge in [0.25, 0.3) is 0 Å². The molecule has 44 heavy (non-hydrogen) atoms. The van der Waals surface area contributed by atoms with Crippen molar-refractivity contribution in [3.63, 3.8) is 0 Å². The van der Waals surface area contributed by atoms with Crippen LogP contribution in [0.3, 0.4) is 0 Å². The molecule has 7 aromatic rings. The molecule has 2 heteroatoms. The first-order valence-electron chi connectivity index (χ1n) is 15.1. The average Bonchev–Trinajstić information content (AvgIpc) is 3.09. The predicted molar refractivity (Wildman–Crippen MR) is 189 cm³/mol. The monoisotopic (exact) mass is 566 g/mol. The van der Waals surface area contributed by atoms with Gasteiger partial charge in [0.05, 0.1) is 0 Å². The van der Waals surface area contributed by atoms with Gasteiger partial charge < -0.3 is 9.80 Å². The molecule has 0 aliphatic carbocycles. The molecule has 212 valence electrons. The molecule has 0 atom stereocenters. The fourth-order valence-corrected chi connectivity index (χ4v) is 5.82. The van der Waals surface area contributed by atoms with Crippen LogP contribution in [0.4, 0.5) is 28.4 Å². The highest BCUT2D eigenvalue weighted by atomic mass is 15.1. The Labute approximate surface area is 260 Å². The van der Waals surface area contributed by atoms with Crippen molar-refractivity contribution >= 4 is 39.2 Å². The van der Waals surface area contributed by atoms with Crippen LogP contribution in [0.1, 0.15) is 5.56 Å². The van der Waals surface area contributed by atoms with Crippen molar-refractivity contribution in [3.05, 3.63) is 175 Å². The molecule has 0 unspecified atom stereocenters. The first-order valence-corrected chi connectivity index (χ1v) is 15.1. The Morgan fingerprint density at radius 3 is 1.52 bits per heavy atom. The van der Waals surface area contributed by atoms with E-state index in [4.69, 9.17) is 0 Å². The van der Waals surface area contributed by atoms with Crippen molar-refractivity contribution in [2.45, 2.75) is 6.92 Å². The fourth-order valence-electron chi connectivity index (χ4n) is 5.82. The summed E-state index contributed by atoms with van der Waals surface area (Å²) in [6.07, 6.45) is 0. The summed E-state index contributed by atoms with van der Waals surface area (Å²) in [6, 6.07) is 61.0. The number of anilines is 5. The van der Waals surface area contributed by atoms with Crippen LogP contribution in [0.15, 0.2) is 170 Å². The summed E-state index contributed by atoms with van der Waals surface area (Å²) < 4.78 is 0. The Morgan fingerprint density at radius 1 is 0.341 bits per heavy atom. The van der Waals surface area contributed by atoms with Crippen LogP contribution in [-0.2, 0) is 0 Å². The SMILES string of the molecule is Cc1ccc(N(C)c2ccc(-c3ccc(N(c4cccc(-c5ccccc5)c4)c4ccc5ccccc5c4)cc3)cc2)cc1. The number of nitrogens with zero attached hydrogens (tertiary/aromatic N) is 2. The van der Waals surface area contributed by atoms with E-state index in [-0.39, 0.29) is 0 Å². The van der Waals surface area contributed by atoms with Crippen molar-refractivity contribution < 1.29 is 0 Å². The maximum absolute atomic E-state index is 2.35. The third-order valence-electron chi connectivity index (χ3n) is 8.34. The molecule has 0 aromatic heterocycles. The lowest BCUT2D eigenvalue weighted by atomic mass is 10.0. The summed E-state index contributed by atoms with van der Waals surface area (Å²) in [5.41, 5.74) is 11.8. The van der Waals surface area contributed by atoms with Gasteiger partial charge in [0, 0.05) is 35.5 Å². The molecule has 0 saturated heterocycles. The molecule has 7 aromatic carbocycles. The van der Waals surface area contributed by atoms with Crippen molar-refractivity contribution in [2.24, 2.45) is 0 Å². The van der Waals surface area contributed by atoms with Crippen LogP contribution in [0.2, 0.25) is 0 Å².